The smallest absolute Gasteiger partial charge is 0.339 e. The Morgan fingerprint density at radius 2 is 1.31 bits per heavy atom. The van der Waals surface area contributed by atoms with Gasteiger partial charge in [-0.05, 0) is 91.0 Å². The molecule has 1 aromatic rings. The molecule has 1 rings (SSSR count). The number of carbonyl (C=O) groups is 4. The van der Waals surface area contributed by atoms with E-state index < -0.39 is 35.0 Å². The van der Waals surface area contributed by atoms with Gasteiger partial charge in [-0.2, -0.15) is 13.2 Å². The van der Waals surface area contributed by atoms with Crippen molar-refractivity contribution in [3.8, 4) is 0 Å². The number of amides is 2. The molecule has 14 heteroatoms. The Kier molecular flexibility index (Phi) is 8.81. The number of hydrogen-bond acceptors (Lipinski definition) is 4. The Hall–Kier alpha value is 0.0600. The van der Waals surface area contributed by atoms with Gasteiger partial charge >= 0.3 is 12.1 Å². The molecule has 0 aromatic heterocycles. The summed E-state index contributed by atoms with van der Waals surface area (Å²) in [4.78, 5) is 45.9. The van der Waals surface area contributed by atoms with Gasteiger partial charge in [0.1, 0.15) is 0 Å². The fourth-order valence-corrected chi connectivity index (χ4v) is 6.99. The first-order valence-electron chi connectivity index (χ1n) is 6.04. The van der Waals surface area contributed by atoms with Crippen molar-refractivity contribution in [1.29, 1.82) is 0 Å². The average molecular weight is 749 g/mol. The summed E-state index contributed by atoms with van der Waals surface area (Å²) in [7, 11) is 0. The molecule has 2 amide bonds. The van der Waals surface area contributed by atoms with E-state index in [-0.39, 0.29) is 27.5 Å². The summed E-state index contributed by atoms with van der Waals surface area (Å²) in [5, 5.41) is 1.80. The molecule has 0 fully saturated rings. The van der Waals surface area contributed by atoms with Gasteiger partial charge in [0.25, 0.3) is 10.5 Å². The van der Waals surface area contributed by atoms with Crippen molar-refractivity contribution in [2.24, 2.45) is 0 Å². The SMILES string of the molecule is O=C(CNC(=O)C(F)(F)F)Nc1c(I)c(C(=O)Cl)c(I)c(C(=O)Cl)c1I. The molecule has 0 aliphatic rings. The lowest BCUT2D eigenvalue weighted by molar-refractivity contribution is -0.173. The molecule has 142 valence electrons. The first kappa shape index (κ1) is 24.1. The second kappa shape index (κ2) is 9.51. The molecule has 0 radical (unpaired) electrons. The molecule has 0 spiro atoms. The predicted octanol–water partition coefficient (Wildman–Crippen LogP) is 3.88. The molecule has 0 saturated carbocycles. The monoisotopic (exact) mass is 748 g/mol. The molecule has 0 saturated heterocycles. The summed E-state index contributed by atoms with van der Waals surface area (Å²) in [5.41, 5.74) is -0.218. The Morgan fingerprint density at radius 1 is 0.885 bits per heavy atom. The number of nitrogens with one attached hydrogen (secondary N) is 2. The Balaban J connectivity index is 3.24. The number of halogens is 8. The highest BCUT2D eigenvalue weighted by Crippen LogP contribution is 2.37. The van der Waals surface area contributed by atoms with E-state index in [1.54, 1.807) is 67.8 Å². The van der Waals surface area contributed by atoms with Crippen molar-refractivity contribution in [3.05, 3.63) is 21.8 Å². The van der Waals surface area contributed by atoms with Gasteiger partial charge in [0.05, 0.1) is 30.5 Å². The third kappa shape index (κ3) is 5.78. The molecule has 0 bridgehead atoms. The summed E-state index contributed by atoms with van der Waals surface area (Å²) in [6, 6.07) is 0. The van der Waals surface area contributed by atoms with Gasteiger partial charge in [-0.15, -0.1) is 0 Å². The van der Waals surface area contributed by atoms with E-state index in [4.69, 9.17) is 23.2 Å². The van der Waals surface area contributed by atoms with E-state index in [1.165, 1.54) is 5.32 Å². The number of benzene rings is 1. The molecular formula is C12H4Cl2F3I3N2O4. The van der Waals surface area contributed by atoms with E-state index in [0.717, 1.165) is 0 Å². The second-order valence-corrected chi connectivity index (χ2v) is 8.27. The standard InChI is InChI=1S/C12H4Cl2F3I3N2O4/c13-9(24)3-5(18)4(10(14)25)7(20)8(6(3)19)22-2(23)1-21-11(26)12(15,16)17/h1H2,(H,21,26)(H,22,23). The van der Waals surface area contributed by atoms with Gasteiger partial charge < -0.3 is 10.6 Å². The Morgan fingerprint density at radius 3 is 1.65 bits per heavy atom. The second-order valence-electron chi connectivity index (χ2n) is 4.34. The minimum Gasteiger partial charge on any atom is -0.339 e. The predicted molar refractivity (Wildman–Crippen MR) is 113 cm³/mol. The fourth-order valence-electron chi connectivity index (χ4n) is 1.56. The quantitative estimate of drug-likeness (QED) is 0.354. The van der Waals surface area contributed by atoms with Gasteiger partial charge in [0.2, 0.25) is 5.91 Å². The van der Waals surface area contributed by atoms with Crippen molar-refractivity contribution in [2.45, 2.75) is 6.18 Å². The van der Waals surface area contributed by atoms with Crippen LogP contribution in [0.2, 0.25) is 0 Å². The number of carbonyl (C=O) groups excluding carboxylic acids is 4. The lowest BCUT2D eigenvalue weighted by Crippen LogP contribution is -2.41. The summed E-state index contributed by atoms with van der Waals surface area (Å²) < 4.78 is 36.9. The molecule has 0 aliphatic heterocycles. The topological polar surface area (TPSA) is 92.3 Å². The number of hydrogen-bond donors (Lipinski definition) is 2. The van der Waals surface area contributed by atoms with Gasteiger partial charge in [-0.25, -0.2) is 0 Å². The third-order valence-corrected chi connectivity index (χ3v) is 6.26. The highest BCUT2D eigenvalue weighted by Gasteiger charge is 2.38. The summed E-state index contributed by atoms with van der Waals surface area (Å²) in [5.74, 6) is -3.30. The lowest BCUT2D eigenvalue weighted by Gasteiger charge is -2.17. The van der Waals surface area contributed by atoms with Crippen LogP contribution >= 0.6 is 91.0 Å². The normalized spacial score (nSPS) is 11.1. The highest BCUT2D eigenvalue weighted by atomic mass is 127. The molecule has 0 heterocycles. The highest BCUT2D eigenvalue weighted by molar-refractivity contribution is 14.1. The molecular weight excluding hydrogens is 745 g/mol. The van der Waals surface area contributed by atoms with Crippen LogP contribution in [0.3, 0.4) is 0 Å². The van der Waals surface area contributed by atoms with Crippen molar-refractivity contribution in [2.75, 3.05) is 11.9 Å². The fraction of sp³-hybridized carbons (Fsp3) is 0.167. The Labute approximate surface area is 194 Å². The van der Waals surface area contributed by atoms with Gasteiger partial charge in [0, 0.05) is 3.57 Å². The summed E-state index contributed by atoms with van der Waals surface area (Å²) >= 11 is 16.1. The summed E-state index contributed by atoms with van der Waals surface area (Å²) in [6.07, 6.45) is -5.14. The van der Waals surface area contributed by atoms with Crippen molar-refractivity contribution in [3.63, 3.8) is 0 Å². The summed E-state index contributed by atoms with van der Waals surface area (Å²) in [6.45, 7) is -0.981. The van der Waals surface area contributed by atoms with Crippen LogP contribution in [-0.2, 0) is 9.59 Å². The van der Waals surface area contributed by atoms with Crippen molar-refractivity contribution in [1.82, 2.24) is 5.32 Å². The number of anilines is 1. The maximum Gasteiger partial charge on any atom is 0.471 e. The zero-order valence-corrected chi connectivity index (χ0v) is 19.8. The van der Waals surface area contributed by atoms with Gasteiger partial charge in [-0.1, -0.05) is 0 Å². The minimum absolute atomic E-state index is 0.0362. The third-order valence-electron chi connectivity index (χ3n) is 2.64. The van der Waals surface area contributed by atoms with Crippen LogP contribution in [0.15, 0.2) is 0 Å². The van der Waals surface area contributed by atoms with Crippen LogP contribution in [0, 0.1) is 10.7 Å². The van der Waals surface area contributed by atoms with Crippen molar-refractivity contribution >= 4 is 119 Å². The van der Waals surface area contributed by atoms with E-state index in [2.05, 4.69) is 5.32 Å². The van der Waals surface area contributed by atoms with Crippen LogP contribution in [0.4, 0.5) is 18.9 Å². The maximum atomic E-state index is 12.1. The first-order valence-corrected chi connectivity index (χ1v) is 10.0. The molecule has 0 aliphatic carbocycles. The van der Waals surface area contributed by atoms with Crippen LogP contribution < -0.4 is 10.6 Å². The molecule has 0 unspecified atom stereocenters. The van der Waals surface area contributed by atoms with Crippen molar-refractivity contribution < 1.29 is 32.3 Å². The van der Waals surface area contributed by atoms with Crippen LogP contribution in [-0.4, -0.2) is 35.0 Å². The van der Waals surface area contributed by atoms with E-state index in [1.807, 2.05) is 0 Å². The number of rotatable bonds is 5. The van der Waals surface area contributed by atoms with Crippen LogP contribution in [0.5, 0.6) is 0 Å². The average Bonchev–Trinajstić information content (AvgIpc) is 2.47. The largest absolute Gasteiger partial charge is 0.471 e. The van der Waals surface area contributed by atoms with E-state index in [0.29, 0.717) is 0 Å². The molecule has 1 aromatic carbocycles. The van der Waals surface area contributed by atoms with Gasteiger partial charge in [-0.3, -0.25) is 19.2 Å². The molecule has 26 heavy (non-hydrogen) atoms. The molecule has 6 nitrogen and oxygen atoms in total. The van der Waals surface area contributed by atoms with Gasteiger partial charge in [0.15, 0.2) is 0 Å². The zero-order valence-electron chi connectivity index (χ0n) is 11.9. The van der Waals surface area contributed by atoms with E-state index >= 15 is 0 Å². The van der Waals surface area contributed by atoms with Crippen LogP contribution in [0.1, 0.15) is 20.7 Å². The maximum absolute atomic E-state index is 12.1. The molecule has 2 N–H and O–H groups in total. The Bertz CT molecular complexity index is 777. The molecule has 0 atom stereocenters. The van der Waals surface area contributed by atoms with Crippen LogP contribution in [0.25, 0.3) is 0 Å². The van der Waals surface area contributed by atoms with E-state index in [9.17, 15) is 32.3 Å². The lowest BCUT2D eigenvalue weighted by atomic mass is 10.1. The zero-order chi connectivity index (χ0) is 20.4. The first-order chi connectivity index (χ1) is 11.8. The minimum atomic E-state index is -5.14. The number of alkyl halides is 3.